The van der Waals surface area contributed by atoms with Crippen LogP contribution in [-0.4, -0.2) is 33.7 Å². The zero-order chi connectivity index (χ0) is 19.7. The Kier molecular flexibility index (Phi) is 4.90. The van der Waals surface area contributed by atoms with Gasteiger partial charge in [0.1, 0.15) is 23.0 Å². The number of benzene rings is 2. The molecule has 1 amide bonds. The molecule has 0 atom stereocenters. The van der Waals surface area contributed by atoms with Gasteiger partial charge in [0.2, 0.25) is 0 Å². The van der Waals surface area contributed by atoms with E-state index in [0.29, 0.717) is 31.6 Å². The van der Waals surface area contributed by atoms with Crippen LogP contribution in [0.2, 0.25) is 0 Å². The van der Waals surface area contributed by atoms with Crippen LogP contribution in [0.15, 0.2) is 54.9 Å². The van der Waals surface area contributed by atoms with Crippen molar-refractivity contribution in [3.8, 4) is 5.69 Å². The summed E-state index contributed by atoms with van der Waals surface area (Å²) >= 11 is 0. The van der Waals surface area contributed by atoms with Gasteiger partial charge >= 0.3 is 0 Å². The van der Waals surface area contributed by atoms with E-state index in [1.807, 2.05) is 6.20 Å². The van der Waals surface area contributed by atoms with Crippen LogP contribution < -0.4 is 0 Å². The smallest absolute Gasteiger partial charge is 0.259 e. The first-order valence-corrected chi connectivity index (χ1v) is 9.07. The summed E-state index contributed by atoms with van der Waals surface area (Å²) in [5.74, 6) is -2.46. The van der Waals surface area contributed by atoms with E-state index in [-0.39, 0.29) is 11.7 Å². The van der Waals surface area contributed by atoms with Crippen LogP contribution in [-0.2, 0) is 0 Å². The molecule has 0 N–H and O–H groups in total. The summed E-state index contributed by atoms with van der Waals surface area (Å²) in [6.45, 7) is 0.810. The number of piperidine rings is 1. The standard InChI is InChI=1S/C21H18F3N3O/c22-16-3-1-4-17(11-16)27-13-15(12-25-27)14-7-9-26(10-8-14)21(28)20-18(23)5-2-6-19(20)24/h1-6,11-14H,7-10H2. The number of aromatic nitrogens is 2. The molecule has 0 spiro atoms. The van der Waals surface area contributed by atoms with E-state index < -0.39 is 23.1 Å². The monoisotopic (exact) mass is 385 g/mol. The molecule has 1 saturated heterocycles. The Hall–Kier alpha value is -3.09. The van der Waals surface area contributed by atoms with E-state index in [4.69, 9.17) is 0 Å². The molecule has 2 aromatic carbocycles. The molecule has 1 aromatic heterocycles. The number of halogens is 3. The Balaban J connectivity index is 1.44. The molecular weight excluding hydrogens is 367 g/mol. The normalized spacial score (nSPS) is 15.0. The van der Waals surface area contributed by atoms with Gasteiger partial charge in [-0.05, 0) is 54.7 Å². The topological polar surface area (TPSA) is 38.1 Å². The van der Waals surface area contributed by atoms with Crippen LogP contribution in [0.25, 0.3) is 5.69 Å². The summed E-state index contributed by atoms with van der Waals surface area (Å²) in [5, 5.41) is 4.30. The van der Waals surface area contributed by atoms with Crippen molar-refractivity contribution in [3.63, 3.8) is 0 Å². The molecule has 0 unspecified atom stereocenters. The third-order valence-corrected chi connectivity index (χ3v) is 5.11. The molecule has 0 saturated carbocycles. The lowest BCUT2D eigenvalue weighted by Crippen LogP contribution is -2.38. The summed E-state index contributed by atoms with van der Waals surface area (Å²) in [6, 6.07) is 9.58. The molecule has 1 aliphatic rings. The Morgan fingerprint density at radius 3 is 2.36 bits per heavy atom. The average Bonchev–Trinajstić information content (AvgIpc) is 3.18. The van der Waals surface area contributed by atoms with Gasteiger partial charge in [-0.2, -0.15) is 5.10 Å². The van der Waals surface area contributed by atoms with Gasteiger partial charge in [0, 0.05) is 19.3 Å². The second-order valence-corrected chi connectivity index (χ2v) is 6.86. The molecule has 2 heterocycles. The largest absolute Gasteiger partial charge is 0.338 e. The zero-order valence-electron chi connectivity index (χ0n) is 15.0. The summed E-state index contributed by atoms with van der Waals surface area (Å²) in [6.07, 6.45) is 4.92. The number of hydrogen-bond acceptors (Lipinski definition) is 2. The highest BCUT2D eigenvalue weighted by molar-refractivity contribution is 5.94. The summed E-state index contributed by atoms with van der Waals surface area (Å²) in [5.41, 5.74) is 1.13. The van der Waals surface area contributed by atoms with Crippen LogP contribution in [0, 0.1) is 17.5 Å². The van der Waals surface area contributed by atoms with Crippen molar-refractivity contribution in [1.29, 1.82) is 0 Å². The van der Waals surface area contributed by atoms with Gasteiger partial charge in [-0.1, -0.05) is 12.1 Å². The van der Waals surface area contributed by atoms with Gasteiger partial charge < -0.3 is 4.90 Å². The number of likely N-dealkylation sites (tertiary alicyclic amines) is 1. The van der Waals surface area contributed by atoms with Crippen molar-refractivity contribution in [2.75, 3.05) is 13.1 Å². The minimum absolute atomic E-state index is 0.178. The summed E-state index contributed by atoms with van der Waals surface area (Å²) < 4.78 is 42.7. The molecule has 1 aliphatic heterocycles. The maximum atomic E-state index is 13.9. The van der Waals surface area contributed by atoms with Gasteiger partial charge in [-0.25, -0.2) is 17.9 Å². The summed E-state index contributed by atoms with van der Waals surface area (Å²) in [7, 11) is 0. The maximum Gasteiger partial charge on any atom is 0.259 e. The highest BCUT2D eigenvalue weighted by Gasteiger charge is 2.28. The number of carbonyl (C=O) groups is 1. The maximum absolute atomic E-state index is 13.9. The predicted octanol–water partition coefficient (Wildman–Crippen LogP) is 4.31. The van der Waals surface area contributed by atoms with E-state index in [1.165, 1.54) is 23.1 Å². The molecule has 7 heteroatoms. The highest BCUT2D eigenvalue weighted by atomic mass is 19.1. The fraction of sp³-hybridized carbons (Fsp3) is 0.238. The minimum atomic E-state index is -0.844. The third-order valence-electron chi connectivity index (χ3n) is 5.11. The quantitative estimate of drug-likeness (QED) is 0.674. The van der Waals surface area contributed by atoms with Gasteiger partial charge in [0.05, 0.1) is 11.9 Å². The van der Waals surface area contributed by atoms with Gasteiger partial charge in [0.25, 0.3) is 5.91 Å². The molecule has 0 bridgehead atoms. The number of nitrogens with zero attached hydrogens (tertiary/aromatic N) is 3. The number of rotatable bonds is 3. The molecular formula is C21H18F3N3O. The first-order valence-electron chi connectivity index (χ1n) is 9.07. The molecule has 4 nitrogen and oxygen atoms in total. The first-order chi connectivity index (χ1) is 13.5. The SMILES string of the molecule is O=C(c1c(F)cccc1F)N1CCC(c2cnn(-c3cccc(F)c3)c2)CC1. The van der Waals surface area contributed by atoms with E-state index in [9.17, 15) is 18.0 Å². The molecule has 144 valence electrons. The van der Waals surface area contributed by atoms with Crippen molar-refractivity contribution in [1.82, 2.24) is 14.7 Å². The predicted molar refractivity (Wildman–Crippen MR) is 97.8 cm³/mol. The highest BCUT2D eigenvalue weighted by Crippen LogP contribution is 2.29. The zero-order valence-corrected chi connectivity index (χ0v) is 15.0. The van der Waals surface area contributed by atoms with Gasteiger partial charge in [0.15, 0.2) is 0 Å². The van der Waals surface area contributed by atoms with Crippen LogP contribution in [0.1, 0.15) is 34.7 Å². The first kappa shape index (κ1) is 18.3. The second kappa shape index (κ2) is 7.50. The Morgan fingerprint density at radius 2 is 1.68 bits per heavy atom. The Morgan fingerprint density at radius 1 is 1.00 bits per heavy atom. The van der Waals surface area contributed by atoms with E-state index in [2.05, 4.69) is 5.10 Å². The van der Waals surface area contributed by atoms with Crippen molar-refractivity contribution in [2.45, 2.75) is 18.8 Å². The third kappa shape index (κ3) is 3.52. The van der Waals surface area contributed by atoms with E-state index in [1.54, 1.807) is 23.0 Å². The second-order valence-electron chi connectivity index (χ2n) is 6.86. The summed E-state index contributed by atoms with van der Waals surface area (Å²) in [4.78, 5) is 14.0. The van der Waals surface area contributed by atoms with Crippen LogP contribution in [0.4, 0.5) is 13.2 Å². The van der Waals surface area contributed by atoms with Gasteiger partial charge in [-0.15, -0.1) is 0 Å². The van der Waals surface area contributed by atoms with Crippen molar-refractivity contribution in [3.05, 3.63) is 83.4 Å². The Bertz CT molecular complexity index is 989. The number of carbonyl (C=O) groups excluding carboxylic acids is 1. The Labute approximate surface area is 160 Å². The van der Waals surface area contributed by atoms with Crippen LogP contribution in [0.3, 0.4) is 0 Å². The lowest BCUT2D eigenvalue weighted by molar-refractivity contribution is 0.0703. The van der Waals surface area contributed by atoms with Crippen LogP contribution in [0.5, 0.6) is 0 Å². The number of amides is 1. The van der Waals surface area contributed by atoms with Crippen molar-refractivity contribution >= 4 is 5.91 Å². The lowest BCUT2D eigenvalue weighted by atomic mass is 9.91. The molecule has 3 aromatic rings. The molecule has 0 aliphatic carbocycles. The molecule has 28 heavy (non-hydrogen) atoms. The van der Waals surface area contributed by atoms with Gasteiger partial charge in [-0.3, -0.25) is 4.79 Å². The van der Waals surface area contributed by atoms with E-state index >= 15 is 0 Å². The molecule has 0 radical (unpaired) electrons. The fourth-order valence-electron chi connectivity index (χ4n) is 3.58. The lowest BCUT2D eigenvalue weighted by Gasteiger charge is -2.31. The fourth-order valence-corrected chi connectivity index (χ4v) is 3.58. The number of hydrogen-bond donors (Lipinski definition) is 0. The molecule has 1 fully saturated rings. The van der Waals surface area contributed by atoms with Crippen molar-refractivity contribution < 1.29 is 18.0 Å². The van der Waals surface area contributed by atoms with Crippen LogP contribution >= 0.6 is 0 Å². The van der Waals surface area contributed by atoms with E-state index in [0.717, 1.165) is 17.7 Å². The van der Waals surface area contributed by atoms with Crippen molar-refractivity contribution in [2.24, 2.45) is 0 Å². The average molecular weight is 385 g/mol. The minimum Gasteiger partial charge on any atom is -0.338 e. The molecule has 4 rings (SSSR count).